The summed E-state index contributed by atoms with van der Waals surface area (Å²) in [5.74, 6) is 0. The predicted octanol–water partition coefficient (Wildman–Crippen LogP) is 7.41. The summed E-state index contributed by atoms with van der Waals surface area (Å²) in [6, 6.07) is 35.1. The zero-order valence-corrected chi connectivity index (χ0v) is 23.2. The van der Waals surface area contributed by atoms with E-state index in [1.807, 2.05) is 30.2 Å². The Morgan fingerprint density at radius 2 is 1.38 bits per heavy atom. The van der Waals surface area contributed by atoms with Crippen LogP contribution in [0.25, 0.3) is 0 Å². The van der Waals surface area contributed by atoms with Crippen LogP contribution in [-0.2, 0) is 17.2 Å². The lowest BCUT2D eigenvalue weighted by atomic mass is 9.73. The first-order chi connectivity index (χ1) is 18.0. The van der Waals surface area contributed by atoms with Gasteiger partial charge in [0, 0.05) is 55.2 Å². The van der Waals surface area contributed by atoms with Gasteiger partial charge in [-0.25, -0.2) is 0 Å². The normalized spacial score (nSPS) is 18.8. The van der Waals surface area contributed by atoms with E-state index in [1.54, 1.807) is 0 Å². The van der Waals surface area contributed by atoms with Crippen LogP contribution >= 0.6 is 17.8 Å². The summed E-state index contributed by atoms with van der Waals surface area (Å²) in [6.45, 7) is 4.65. The molecule has 180 valence electrons. The van der Waals surface area contributed by atoms with E-state index < -0.39 is 6.04 Å². The molecule has 0 fully saturated rings. The van der Waals surface area contributed by atoms with Crippen LogP contribution in [0.1, 0.15) is 25.0 Å². The Bertz CT molecular complexity index is 1680. The summed E-state index contributed by atoms with van der Waals surface area (Å²) < 4.78 is 0. The van der Waals surface area contributed by atoms with E-state index in [0.29, 0.717) is 0 Å². The molecule has 2 aliphatic rings. The Hall–Kier alpha value is -3.17. The van der Waals surface area contributed by atoms with Gasteiger partial charge in [0.1, 0.15) is 0 Å². The van der Waals surface area contributed by atoms with Gasteiger partial charge in [0.15, 0.2) is 0 Å². The molecule has 3 heterocycles. The SMILES string of the molecule is CC1(C)c2ccccc2N(c2ccc3c(c2)Sc2ccccc2P3(=S)c2cccnc2)c2ccccc21. The van der Waals surface area contributed by atoms with Crippen LogP contribution in [0.4, 0.5) is 17.1 Å². The molecule has 0 aliphatic carbocycles. The minimum Gasteiger partial charge on any atom is -0.310 e. The number of anilines is 3. The summed E-state index contributed by atoms with van der Waals surface area (Å²) in [5.41, 5.74) is 6.23. The molecule has 1 unspecified atom stereocenters. The lowest BCUT2D eigenvalue weighted by molar-refractivity contribution is 0.632. The number of nitrogens with zero attached hydrogens (tertiary/aromatic N) is 2. The van der Waals surface area contributed by atoms with Crippen molar-refractivity contribution in [2.24, 2.45) is 0 Å². The van der Waals surface area contributed by atoms with Gasteiger partial charge in [-0.2, -0.15) is 0 Å². The Morgan fingerprint density at radius 1 is 0.730 bits per heavy atom. The third-order valence-electron chi connectivity index (χ3n) is 7.61. The molecule has 2 aliphatic heterocycles. The van der Waals surface area contributed by atoms with Crippen molar-refractivity contribution in [3.63, 3.8) is 0 Å². The monoisotopic (exact) mass is 532 g/mol. The number of fused-ring (bicyclic) bond motifs is 4. The fourth-order valence-corrected chi connectivity index (χ4v) is 12.1. The second-order valence-corrected chi connectivity index (χ2v) is 15.5. The Labute approximate surface area is 227 Å². The van der Waals surface area contributed by atoms with Crippen LogP contribution in [-0.4, -0.2) is 4.98 Å². The molecule has 4 aromatic carbocycles. The molecule has 0 saturated carbocycles. The molecule has 0 bridgehead atoms. The quantitative estimate of drug-likeness (QED) is 0.216. The van der Waals surface area contributed by atoms with Crippen LogP contribution in [0.2, 0.25) is 0 Å². The second kappa shape index (κ2) is 8.43. The fourth-order valence-electron chi connectivity index (χ4n) is 5.80. The standard InChI is InChI=1S/C32H25N2PS2/c1-32(2)24-11-3-5-13-26(24)34(27-14-6-4-12-25(27)32)22-17-18-29-31(20-22)37-30-16-8-7-15-28(30)35(29,36)23-10-9-19-33-21-23/h3-21H,1-2H3. The third kappa shape index (κ3) is 3.33. The van der Waals surface area contributed by atoms with E-state index in [-0.39, 0.29) is 5.41 Å². The minimum atomic E-state index is -2.23. The summed E-state index contributed by atoms with van der Waals surface area (Å²) >= 11 is 8.46. The summed E-state index contributed by atoms with van der Waals surface area (Å²) in [4.78, 5) is 9.36. The van der Waals surface area contributed by atoms with Crippen molar-refractivity contribution in [2.45, 2.75) is 29.1 Å². The van der Waals surface area contributed by atoms with Gasteiger partial charge >= 0.3 is 0 Å². The molecule has 1 aromatic heterocycles. The van der Waals surface area contributed by atoms with Gasteiger partial charge in [-0.15, -0.1) is 0 Å². The predicted molar refractivity (Wildman–Crippen MR) is 161 cm³/mol. The highest BCUT2D eigenvalue weighted by molar-refractivity contribution is 8.26. The molecule has 0 N–H and O–H groups in total. The highest BCUT2D eigenvalue weighted by Gasteiger charge is 2.38. The molecule has 5 aromatic rings. The molecule has 37 heavy (non-hydrogen) atoms. The van der Waals surface area contributed by atoms with E-state index in [1.165, 1.54) is 42.9 Å². The summed E-state index contributed by atoms with van der Waals surface area (Å²) in [7, 11) is 0. The average Bonchev–Trinajstić information content (AvgIpc) is 2.94. The number of aromatic nitrogens is 1. The van der Waals surface area contributed by atoms with Crippen molar-refractivity contribution < 1.29 is 0 Å². The number of para-hydroxylation sites is 2. The van der Waals surface area contributed by atoms with E-state index in [4.69, 9.17) is 11.8 Å². The maximum atomic E-state index is 6.63. The van der Waals surface area contributed by atoms with Crippen molar-refractivity contribution >= 4 is 62.6 Å². The van der Waals surface area contributed by atoms with Crippen LogP contribution in [0.15, 0.2) is 125 Å². The molecule has 0 radical (unpaired) electrons. The van der Waals surface area contributed by atoms with Crippen LogP contribution < -0.4 is 20.8 Å². The summed E-state index contributed by atoms with van der Waals surface area (Å²) in [6.07, 6.45) is 3.79. The smallest absolute Gasteiger partial charge is 0.0502 e. The second-order valence-electron chi connectivity index (χ2n) is 10.0. The number of hydrogen-bond acceptors (Lipinski definition) is 4. The van der Waals surface area contributed by atoms with Crippen molar-refractivity contribution in [1.29, 1.82) is 0 Å². The number of benzene rings is 4. The number of pyridine rings is 1. The van der Waals surface area contributed by atoms with Gasteiger partial charge in [0.25, 0.3) is 0 Å². The first-order valence-corrected chi connectivity index (χ1v) is 16.0. The highest BCUT2D eigenvalue weighted by atomic mass is 32.4. The maximum absolute atomic E-state index is 6.63. The van der Waals surface area contributed by atoms with Crippen molar-refractivity contribution in [2.75, 3.05) is 4.90 Å². The highest BCUT2D eigenvalue weighted by Crippen LogP contribution is 2.55. The molecule has 0 spiro atoms. The maximum Gasteiger partial charge on any atom is 0.0502 e. The van der Waals surface area contributed by atoms with Crippen molar-refractivity contribution in [3.05, 3.63) is 127 Å². The average molecular weight is 533 g/mol. The van der Waals surface area contributed by atoms with E-state index in [2.05, 4.69) is 121 Å². The summed E-state index contributed by atoms with van der Waals surface area (Å²) in [5, 5.41) is 3.66. The van der Waals surface area contributed by atoms with Crippen molar-refractivity contribution in [3.8, 4) is 0 Å². The van der Waals surface area contributed by atoms with Gasteiger partial charge in [-0.3, -0.25) is 4.98 Å². The first-order valence-electron chi connectivity index (χ1n) is 12.4. The van der Waals surface area contributed by atoms with E-state index in [0.717, 1.165) is 11.0 Å². The molecular weight excluding hydrogens is 507 g/mol. The van der Waals surface area contributed by atoms with Gasteiger partial charge in [-0.1, -0.05) is 98.1 Å². The van der Waals surface area contributed by atoms with Crippen LogP contribution in [0.3, 0.4) is 0 Å². The zero-order chi connectivity index (χ0) is 25.2. The van der Waals surface area contributed by atoms with Crippen molar-refractivity contribution in [1.82, 2.24) is 4.98 Å². The fraction of sp³-hybridized carbons (Fsp3) is 0.0938. The third-order valence-corrected chi connectivity index (χ3v) is 14.0. The lowest BCUT2D eigenvalue weighted by Crippen LogP contribution is -2.32. The topological polar surface area (TPSA) is 16.1 Å². The van der Waals surface area contributed by atoms with Gasteiger partial charge < -0.3 is 4.90 Å². The van der Waals surface area contributed by atoms with Gasteiger partial charge in [0.05, 0.1) is 11.4 Å². The molecule has 1 atom stereocenters. The van der Waals surface area contributed by atoms with Crippen LogP contribution in [0.5, 0.6) is 0 Å². The van der Waals surface area contributed by atoms with Gasteiger partial charge in [0.2, 0.25) is 0 Å². The molecule has 7 rings (SSSR count). The number of hydrogen-bond donors (Lipinski definition) is 0. The number of rotatable bonds is 2. The van der Waals surface area contributed by atoms with E-state index in [9.17, 15) is 0 Å². The lowest BCUT2D eigenvalue weighted by Gasteiger charge is -2.42. The largest absolute Gasteiger partial charge is 0.310 e. The molecule has 5 heteroatoms. The van der Waals surface area contributed by atoms with Crippen LogP contribution in [0, 0.1) is 0 Å². The minimum absolute atomic E-state index is 0.0762. The van der Waals surface area contributed by atoms with E-state index >= 15 is 0 Å². The Balaban J connectivity index is 1.46. The molecule has 0 amide bonds. The molecule has 0 saturated heterocycles. The Kier molecular flexibility index (Phi) is 5.23. The molecule has 2 nitrogen and oxygen atoms in total. The molecular formula is C32H25N2PS2. The first kappa shape index (κ1) is 23.0. The van der Waals surface area contributed by atoms with Gasteiger partial charge in [-0.05, 0) is 53.6 Å². The Morgan fingerprint density at radius 3 is 2.08 bits per heavy atom. The zero-order valence-electron chi connectivity index (χ0n) is 20.6.